The van der Waals surface area contributed by atoms with Crippen LogP contribution in [-0.2, 0) is 10.0 Å². The maximum atomic E-state index is 12.8. The van der Waals surface area contributed by atoms with Crippen LogP contribution in [0.5, 0.6) is 5.75 Å². The quantitative estimate of drug-likeness (QED) is 0.736. The molecule has 0 spiro atoms. The van der Waals surface area contributed by atoms with E-state index >= 15 is 0 Å². The van der Waals surface area contributed by atoms with Crippen LogP contribution in [0.4, 0.5) is 5.13 Å². The Morgan fingerprint density at radius 2 is 1.88 bits per heavy atom. The molecule has 2 aromatic heterocycles. The number of aryl methyl sites for hydroxylation is 2. The molecule has 8 heteroatoms. The lowest BCUT2D eigenvalue weighted by atomic mass is 10.1. The Morgan fingerprint density at radius 3 is 2.56 bits per heavy atom. The third kappa shape index (κ3) is 3.64. The molecule has 130 valence electrons. The normalized spacial score (nSPS) is 11.3. The Kier molecular flexibility index (Phi) is 4.73. The van der Waals surface area contributed by atoms with Crippen LogP contribution in [0.3, 0.4) is 0 Å². The number of sulfonamides is 1. The second kappa shape index (κ2) is 6.81. The number of thiazole rings is 1. The topological polar surface area (TPSA) is 81.2 Å². The fraction of sp³-hybridized carbons (Fsp3) is 0.176. The van der Waals surface area contributed by atoms with Crippen molar-refractivity contribution in [1.82, 2.24) is 9.97 Å². The van der Waals surface area contributed by atoms with Crippen molar-refractivity contribution in [3.63, 3.8) is 0 Å². The maximum Gasteiger partial charge on any atom is 0.267 e. The summed E-state index contributed by atoms with van der Waals surface area (Å²) in [6.45, 7) is 3.76. The number of anilines is 1. The lowest BCUT2D eigenvalue weighted by Crippen LogP contribution is -2.14. The standard InChI is InChI=1S/C17H17N3O3S2/c1-11-8-15(23-3)16(9-12(11)2)25(21,22)20-17-19-14(10-24-17)13-6-4-5-7-18-13/h4-10H,1-3H3,(H,19,20). The van der Waals surface area contributed by atoms with E-state index in [1.807, 2.05) is 32.0 Å². The Bertz CT molecular complexity index is 999. The first kappa shape index (κ1) is 17.4. The monoisotopic (exact) mass is 375 g/mol. The summed E-state index contributed by atoms with van der Waals surface area (Å²) in [4.78, 5) is 8.61. The molecule has 0 amide bonds. The van der Waals surface area contributed by atoms with Crippen LogP contribution < -0.4 is 9.46 Å². The molecule has 0 radical (unpaired) electrons. The highest BCUT2D eigenvalue weighted by molar-refractivity contribution is 7.93. The van der Waals surface area contributed by atoms with Crippen LogP contribution in [0.15, 0.2) is 46.8 Å². The molecule has 1 N–H and O–H groups in total. The minimum Gasteiger partial charge on any atom is -0.495 e. The van der Waals surface area contributed by atoms with Gasteiger partial charge in [0.25, 0.3) is 10.0 Å². The Balaban J connectivity index is 1.93. The van der Waals surface area contributed by atoms with Crippen LogP contribution in [0, 0.1) is 13.8 Å². The van der Waals surface area contributed by atoms with E-state index in [0.29, 0.717) is 17.1 Å². The number of hydrogen-bond donors (Lipinski definition) is 1. The van der Waals surface area contributed by atoms with Crippen LogP contribution >= 0.6 is 11.3 Å². The van der Waals surface area contributed by atoms with Crippen molar-refractivity contribution in [3.8, 4) is 17.1 Å². The van der Waals surface area contributed by atoms with Crippen LogP contribution in [0.2, 0.25) is 0 Å². The average Bonchev–Trinajstić information content (AvgIpc) is 3.05. The molecule has 3 aromatic rings. The fourth-order valence-electron chi connectivity index (χ4n) is 2.26. The van der Waals surface area contributed by atoms with Gasteiger partial charge in [-0.1, -0.05) is 6.07 Å². The van der Waals surface area contributed by atoms with E-state index in [2.05, 4.69) is 14.7 Å². The summed E-state index contributed by atoms with van der Waals surface area (Å²) in [6, 6.07) is 8.80. The third-order valence-electron chi connectivity index (χ3n) is 3.72. The van der Waals surface area contributed by atoms with E-state index < -0.39 is 10.0 Å². The average molecular weight is 375 g/mol. The molecule has 0 aliphatic rings. The van der Waals surface area contributed by atoms with E-state index in [-0.39, 0.29) is 10.0 Å². The van der Waals surface area contributed by atoms with Gasteiger partial charge in [0, 0.05) is 11.6 Å². The predicted molar refractivity (Wildman–Crippen MR) is 98.6 cm³/mol. The second-order valence-electron chi connectivity index (χ2n) is 5.45. The van der Waals surface area contributed by atoms with Gasteiger partial charge < -0.3 is 4.74 Å². The van der Waals surface area contributed by atoms with Gasteiger partial charge >= 0.3 is 0 Å². The number of methoxy groups -OCH3 is 1. The molecule has 0 fully saturated rings. The Hall–Kier alpha value is -2.45. The van der Waals surface area contributed by atoms with Crippen molar-refractivity contribution in [1.29, 1.82) is 0 Å². The molecule has 0 atom stereocenters. The molecule has 0 aliphatic carbocycles. The van der Waals surface area contributed by atoms with Crippen molar-refractivity contribution in [2.45, 2.75) is 18.7 Å². The van der Waals surface area contributed by atoms with E-state index in [4.69, 9.17) is 4.74 Å². The first-order valence-corrected chi connectivity index (χ1v) is 9.82. The highest BCUT2D eigenvalue weighted by Gasteiger charge is 2.22. The van der Waals surface area contributed by atoms with Gasteiger partial charge in [-0.2, -0.15) is 0 Å². The zero-order chi connectivity index (χ0) is 18.0. The van der Waals surface area contributed by atoms with Crippen LogP contribution in [0.1, 0.15) is 11.1 Å². The van der Waals surface area contributed by atoms with Gasteiger partial charge in [0.1, 0.15) is 16.3 Å². The molecule has 0 saturated carbocycles. The summed E-state index contributed by atoms with van der Waals surface area (Å²) >= 11 is 1.20. The third-order valence-corrected chi connectivity index (χ3v) is 5.97. The molecule has 2 heterocycles. The molecule has 3 rings (SSSR count). The van der Waals surface area contributed by atoms with Crippen molar-refractivity contribution >= 4 is 26.5 Å². The Morgan fingerprint density at radius 1 is 1.12 bits per heavy atom. The number of nitrogens with zero attached hydrogens (tertiary/aromatic N) is 2. The maximum absolute atomic E-state index is 12.8. The van der Waals surface area contributed by atoms with Crippen LogP contribution in [0.25, 0.3) is 11.4 Å². The molecule has 0 aliphatic heterocycles. The first-order chi connectivity index (χ1) is 11.9. The number of aromatic nitrogens is 2. The summed E-state index contributed by atoms with van der Waals surface area (Å²) in [5.41, 5.74) is 3.14. The van der Waals surface area contributed by atoms with Gasteiger partial charge in [-0.05, 0) is 49.2 Å². The smallest absolute Gasteiger partial charge is 0.267 e. The Labute approximate surface area is 150 Å². The molecule has 0 bridgehead atoms. The highest BCUT2D eigenvalue weighted by atomic mass is 32.2. The molecule has 0 unspecified atom stereocenters. The largest absolute Gasteiger partial charge is 0.495 e. The highest BCUT2D eigenvalue weighted by Crippen LogP contribution is 2.30. The van der Waals surface area contributed by atoms with Gasteiger partial charge in [-0.15, -0.1) is 11.3 Å². The molecule has 0 saturated heterocycles. The second-order valence-corrected chi connectivity index (χ2v) is 7.95. The lowest BCUT2D eigenvalue weighted by Gasteiger charge is -2.12. The van der Waals surface area contributed by atoms with E-state index in [1.54, 1.807) is 23.7 Å². The minimum absolute atomic E-state index is 0.0905. The van der Waals surface area contributed by atoms with Gasteiger partial charge in [0.05, 0.1) is 12.8 Å². The van der Waals surface area contributed by atoms with Gasteiger partial charge in [-0.25, -0.2) is 13.4 Å². The minimum atomic E-state index is -3.81. The fourth-order valence-corrected chi connectivity index (χ4v) is 4.45. The van der Waals surface area contributed by atoms with Gasteiger partial charge in [0.15, 0.2) is 5.13 Å². The van der Waals surface area contributed by atoms with Gasteiger partial charge in [0.2, 0.25) is 0 Å². The summed E-state index contributed by atoms with van der Waals surface area (Å²) in [5.74, 6) is 0.303. The van der Waals surface area contributed by atoms with E-state index in [1.165, 1.54) is 18.4 Å². The number of nitrogens with one attached hydrogen (secondary N) is 1. The van der Waals surface area contributed by atoms with E-state index in [9.17, 15) is 8.42 Å². The molecule has 6 nitrogen and oxygen atoms in total. The zero-order valence-corrected chi connectivity index (χ0v) is 15.6. The van der Waals surface area contributed by atoms with Crippen LogP contribution in [-0.4, -0.2) is 25.5 Å². The van der Waals surface area contributed by atoms with Crippen molar-refractivity contribution < 1.29 is 13.2 Å². The lowest BCUT2D eigenvalue weighted by molar-refractivity contribution is 0.402. The van der Waals surface area contributed by atoms with Crippen molar-refractivity contribution in [2.75, 3.05) is 11.8 Å². The summed E-state index contributed by atoms with van der Waals surface area (Å²) < 4.78 is 33.3. The molecular formula is C17H17N3O3S2. The summed E-state index contributed by atoms with van der Waals surface area (Å²) in [7, 11) is -2.36. The van der Waals surface area contributed by atoms with Gasteiger partial charge in [-0.3, -0.25) is 9.71 Å². The number of ether oxygens (including phenoxy) is 1. The van der Waals surface area contributed by atoms with Crippen molar-refractivity contribution in [2.24, 2.45) is 0 Å². The summed E-state index contributed by atoms with van der Waals surface area (Å²) in [6.07, 6.45) is 1.67. The zero-order valence-electron chi connectivity index (χ0n) is 14.0. The molecule has 1 aromatic carbocycles. The van der Waals surface area contributed by atoms with Crippen molar-refractivity contribution in [3.05, 3.63) is 53.0 Å². The summed E-state index contributed by atoms with van der Waals surface area (Å²) in [5, 5.41) is 2.04. The number of pyridine rings is 1. The number of benzene rings is 1. The first-order valence-electron chi connectivity index (χ1n) is 7.45. The number of hydrogen-bond acceptors (Lipinski definition) is 6. The molecular weight excluding hydrogens is 358 g/mol. The molecule has 25 heavy (non-hydrogen) atoms. The SMILES string of the molecule is COc1cc(C)c(C)cc1S(=O)(=O)Nc1nc(-c2ccccn2)cs1. The number of rotatable bonds is 5. The van der Waals surface area contributed by atoms with E-state index in [0.717, 1.165) is 11.1 Å². The predicted octanol–water partition coefficient (Wildman–Crippen LogP) is 3.63.